The minimum atomic E-state index is 0.107. The highest BCUT2D eigenvalue weighted by Crippen LogP contribution is 2.42. The van der Waals surface area contributed by atoms with Gasteiger partial charge in [-0.2, -0.15) is 0 Å². The van der Waals surface area contributed by atoms with Crippen LogP contribution in [-0.2, 0) is 29.7 Å². The highest BCUT2D eigenvalue weighted by atomic mass is 35.5. The molecule has 0 radical (unpaired) electrons. The molecule has 0 saturated carbocycles. The van der Waals surface area contributed by atoms with Gasteiger partial charge in [0.25, 0.3) is 0 Å². The second kappa shape index (κ2) is 14.8. The molecule has 2 aromatic carbocycles. The van der Waals surface area contributed by atoms with E-state index in [2.05, 4.69) is 38.5 Å². The second-order valence-electron chi connectivity index (χ2n) is 12.9. The van der Waals surface area contributed by atoms with E-state index in [-0.39, 0.29) is 23.9 Å². The number of aromatic nitrogens is 3. The maximum Gasteiger partial charge on any atom is 0.220 e. The van der Waals surface area contributed by atoms with E-state index >= 15 is 0 Å². The Kier molecular flexibility index (Phi) is 10.1. The van der Waals surface area contributed by atoms with E-state index in [0.29, 0.717) is 48.2 Å². The molecule has 10 nitrogen and oxygen atoms in total. The summed E-state index contributed by atoms with van der Waals surface area (Å²) in [5.41, 5.74) is 7.54. The number of amides is 2. The van der Waals surface area contributed by atoms with Gasteiger partial charge in [-0.25, -0.2) is 4.98 Å². The summed E-state index contributed by atoms with van der Waals surface area (Å²) in [6.07, 6.45) is 6.71. The third kappa shape index (κ3) is 7.07. The fourth-order valence-corrected chi connectivity index (χ4v) is 7.52. The third-order valence-corrected chi connectivity index (χ3v) is 10.3. The first-order chi connectivity index (χ1) is 24.3. The molecule has 50 heavy (non-hydrogen) atoms. The van der Waals surface area contributed by atoms with Gasteiger partial charge in [0.05, 0.1) is 28.5 Å². The molecule has 2 amide bonds. The van der Waals surface area contributed by atoms with Crippen LogP contribution in [-0.4, -0.2) is 58.6 Å². The molecule has 2 fully saturated rings. The summed E-state index contributed by atoms with van der Waals surface area (Å²) in [4.78, 5) is 32.7. The normalized spacial score (nSPS) is 17.4. The van der Waals surface area contributed by atoms with E-state index in [1.165, 1.54) is 0 Å². The number of methoxy groups -OCH3 is 1. The first kappa shape index (κ1) is 34.0. The fraction of sp³-hybridized carbons (Fsp3) is 0.316. The molecule has 0 bridgehead atoms. The number of nitrogens with one attached hydrogen (secondary N) is 4. The zero-order chi connectivity index (χ0) is 34.8. The van der Waals surface area contributed by atoms with Crippen molar-refractivity contribution in [3.05, 3.63) is 88.2 Å². The van der Waals surface area contributed by atoms with Crippen molar-refractivity contribution in [2.75, 3.05) is 20.2 Å². The number of hydrogen-bond acceptors (Lipinski definition) is 7. The second-order valence-corrected chi connectivity index (χ2v) is 13.7. The van der Waals surface area contributed by atoms with E-state index in [1.54, 1.807) is 13.3 Å². The number of benzene rings is 2. The van der Waals surface area contributed by atoms with Crippen molar-refractivity contribution in [1.82, 2.24) is 35.8 Å². The van der Waals surface area contributed by atoms with Crippen molar-refractivity contribution in [3.8, 4) is 39.4 Å². The Hall–Kier alpha value is -4.48. The summed E-state index contributed by atoms with van der Waals surface area (Å²) in [6, 6.07) is 18.1. The third-order valence-electron chi connectivity index (χ3n) is 9.50. The number of carbonyl (C=O) groups is 2. The van der Waals surface area contributed by atoms with Crippen molar-refractivity contribution in [3.63, 3.8) is 0 Å². The number of pyridine rings is 2. The lowest BCUT2D eigenvalue weighted by molar-refractivity contribution is -0.120. The van der Waals surface area contributed by atoms with Gasteiger partial charge in [-0.05, 0) is 42.7 Å². The Balaban J connectivity index is 1.11. The van der Waals surface area contributed by atoms with Crippen LogP contribution >= 0.6 is 23.2 Å². The fourth-order valence-electron chi connectivity index (χ4n) is 6.87. The number of carbonyl (C=O) groups excluding carboxylic acids is 2. The van der Waals surface area contributed by atoms with Crippen molar-refractivity contribution >= 4 is 46.0 Å². The molecule has 0 aliphatic carbocycles. The zero-order valence-corrected chi connectivity index (χ0v) is 29.5. The van der Waals surface area contributed by atoms with E-state index in [1.807, 2.05) is 60.1 Å². The molecule has 4 N–H and O–H groups in total. The largest absolute Gasteiger partial charge is 0.496 e. The molecule has 0 spiro atoms. The molecule has 5 heterocycles. The molecule has 5 aromatic rings. The Morgan fingerprint density at radius 3 is 2.22 bits per heavy atom. The van der Waals surface area contributed by atoms with Crippen LogP contribution in [0.2, 0.25) is 10.0 Å². The van der Waals surface area contributed by atoms with Crippen molar-refractivity contribution in [2.45, 2.75) is 50.9 Å². The minimum absolute atomic E-state index is 0.107. The summed E-state index contributed by atoms with van der Waals surface area (Å²) in [7, 11) is 3.64. The number of hydrogen-bond donors (Lipinski definition) is 4. The van der Waals surface area contributed by atoms with Crippen molar-refractivity contribution in [2.24, 2.45) is 7.05 Å². The van der Waals surface area contributed by atoms with Gasteiger partial charge in [0.2, 0.25) is 11.8 Å². The number of aryl methyl sites for hydroxylation is 1. The molecular formula is C38H39Cl2N7O3. The molecular weight excluding hydrogens is 673 g/mol. The van der Waals surface area contributed by atoms with Crippen molar-refractivity contribution in [1.29, 1.82) is 0 Å². The Bertz CT molecular complexity index is 2080. The average molecular weight is 713 g/mol. The maximum absolute atomic E-state index is 11.5. The Morgan fingerprint density at radius 1 is 0.860 bits per heavy atom. The van der Waals surface area contributed by atoms with Gasteiger partial charge < -0.3 is 30.6 Å². The van der Waals surface area contributed by atoms with Gasteiger partial charge >= 0.3 is 0 Å². The number of halogens is 2. The van der Waals surface area contributed by atoms with Crippen molar-refractivity contribution < 1.29 is 14.3 Å². The lowest BCUT2D eigenvalue weighted by atomic mass is 9.99. The van der Waals surface area contributed by atoms with Gasteiger partial charge in [-0.1, -0.05) is 53.5 Å². The predicted octanol–water partition coefficient (Wildman–Crippen LogP) is 6.02. The first-order valence-electron chi connectivity index (χ1n) is 16.8. The van der Waals surface area contributed by atoms with E-state index in [0.717, 1.165) is 75.2 Å². The van der Waals surface area contributed by atoms with E-state index in [4.69, 9.17) is 32.9 Å². The van der Waals surface area contributed by atoms with E-state index < -0.39 is 0 Å². The summed E-state index contributed by atoms with van der Waals surface area (Å²) in [5, 5.41) is 15.0. The zero-order valence-electron chi connectivity index (χ0n) is 28.0. The number of fused-ring (bicyclic) bond motifs is 1. The SMILES string of the molecule is COc1cc(-c2nccc(-c3cccc(-c4ccc5c(CNC[C@@H]6CCC(=O)N6)cn(C)c5n4)c3Cl)c2Cl)ccc1CNC[C@H]1CCC(=O)N1. The van der Waals surface area contributed by atoms with Crippen LogP contribution in [0.15, 0.2) is 67.0 Å². The standard InChI is InChI=1S/C38H39Cl2N7O3/c1-47-21-24(18-42-20-26-9-13-34(49)45-26)27-10-11-31(46-38(27)47)30-5-3-4-28(35(30)39)29-14-15-43-37(36(29)40)22-6-7-23(32(16-22)50-2)17-41-19-25-8-12-33(48)44-25/h3-7,10-11,14-16,21,25-26,41-42H,8-9,12-13,17-20H2,1-2H3,(H,44,48)(H,45,49)/t25-,26+/m1/s1. The summed E-state index contributed by atoms with van der Waals surface area (Å²) in [6.45, 7) is 2.70. The highest BCUT2D eigenvalue weighted by Gasteiger charge is 2.22. The molecule has 2 atom stereocenters. The summed E-state index contributed by atoms with van der Waals surface area (Å²) < 4.78 is 7.77. The Morgan fingerprint density at radius 2 is 1.54 bits per heavy atom. The van der Waals surface area contributed by atoms with Crippen LogP contribution in [0, 0.1) is 0 Å². The van der Waals surface area contributed by atoms with Crippen LogP contribution in [0.4, 0.5) is 0 Å². The summed E-state index contributed by atoms with van der Waals surface area (Å²) >= 11 is 14.2. The maximum atomic E-state index is 11.5. The van der Waals surface area contributed by atoms with Gasteiger partial charge in [0, 0.05) is 104 Å². The average Bonchev–Trinajstić information content (AvgIpc) is 3.83. The van der Waals surface area contributed by atoms with Gasteiger partial charge in [-0.15, -0.1) is 0 Å². The minimum Gasteiger partial charge on any atom is -0.496 e. The Labute approximate surface area is 300 Å². The van der Waals surface area contributed by atoms with Crippen LogP contribution in [0.25, 0.3) is 44.7 Å². The van der Waals surface area contributed by atoms with Gasteiger partial charge in [0.15, 0.2) is 0 Å². The molecule has 12 heteroatoms. The number of rotatable bonds is 12. The lowest BCUT2D eigenvalue weighted by Gasteiger charge is -2.16. The van der Waals surface area contributed by atoms with Crippen LogP contribution in [0.3, 0.4) is 0 Å². The van der Waals surface area contributed by atoms with Gasteiger partial charge in [-0.3, -0.25) is 14.6 Å². The predicted molar refractivity (Wildman–Crippen MR) is 197 cm³/mol. The smallest absolute Gasteiger partial charge is 0.220 e. The van der Waals surface area contributed by atoms with Crippen LogP contribution in [0.5, 0.6) is 5.75 Å². The summed E-state index contributed by atoms with van der Waals surface area (Å²) in [5.74, 6) is 0.949. The monoisotopic (exact) mass is 711 g/mol. The van der Waals surface area contributed by atoms with Gasteiger partial charge in [0.1, 0.15) is 11.4 Å². The first-order valence-corrected chi connectivity index (χ1v) is 17.6. The molecule has 2 saturated heterocycles. The molecule has 2 aliphatic heterocycles. The van der Waals surface area contributed by atoms with Crippen LogP contribution < -0.4 is 26.0 Å². The molecule has 3 aromatic heterocycles. The van der Waals surface area contributed by atoms with Crippen LogP contribution in [0.1, 0.15) is 36.8 Å². The molecule has 7 rings (SSSR count). The topological polar surface area (TPSA) is 122 Å². The van der Waals surface area contributed by atoms with E-state index in [9.17, 15) is 9.59 Å². The molecule has 0 unspecified atom stereocenters. The number of nitrogens with zero attached hydrogens (tertiary/aromatic N) is 3. The molecule has 2 aliphatic rings. The molecule has 258 valence electrons. The number of ether oxygens (including phenoxy) is 1. The highest BCUT2D eigenvalue weighted by molar-refractivity contribution is 6.39. The lowest BCUT2D eigenvalue weighted by Crippen LogP contribution is -2.35. The quantitative estimate of drug-likeness (QED) is 0.125.